The van der Waals surface area contributed by atoms with Crippen LogP contribution in [0.2, 0.25) is 0 Å². The smallest absolute Gasteiger partial charge is 0.302 e. The molecule has 0 aromatic rings. The predicted molar refractivity (Wildman–Crippen MR) is 100 cm³/mol. The highest BCUT2D eigenvalue weighted by molar-refractivity contribution is 6.07. The normalized spacial score (nSPS) is 51.9. The van der Waals surface area contributed by atoms with Crippen LogP contribution in [0.25, 0.3) is 0 Å². The molecule has 4 aliphatic carbocycles. The molecule has 0 amide bonds. The summed E-state index contributed by atoms with van der Waals surface area (Å²) in [6.45, 7) is 9.25. The van der Waals surface area contributed by atoms with Crippen molar-refractivity contribution >= 4 is 11.8 Å². The number of aliphatic hydroxyl groups excluding tert-OH is 2. The van der Waals surface area contributed by atoms with Crippen LogP contribution in [0.5, 0.6) is 0 Å². The lowest BCUT2D eigenvalue weighted by Crippen LogP contribution is -2.83. The van der Waals surface area contributed by atoms with Crippen molar-refractivity contribution < 1.29 is 34.4 Å². The van der Waals surface area contributed by atoms with E-state index in [0.717, 1.165) is 0 Å². The summed E-state index contributed by atoms with van der Waals surface area (Å²) < 4.78 is 11.6. The fraction of sp³-hybridized carbons (Fsp3) is 0.727. The van der Waals surface area contributed by atoms with Crippen molar-refractivity contribution in [3.05, 3.63) is 23.8 Å². The van der Waals surface area contributed by atoms with E-state index in [1.54, 1.807) is 0 Å². The van der Waals surface area contributed by atoms with E-state index in [0.29, 0.717) is 24.8 Å². The van der Waals surface area contributed by atoms with E-state index in [1.165, 1.54) is 6.92 Å². The maximum Gasteiger partial charge on any atom is 0.302 e. The summed E-state index contributed by atoms with van der Waals surface area (Å²) in [4.78, 5) is 25.4. The largest absolute Gasteiger partial charge is 0.462 e. The Balaban J connectivity index is 1.82. The predicted octanol–water partition coefficient (Wildman–Crippen LogP) is 0.866. The van der Waals surface area contributed by atoms with Crippen LogP contribution < -0.4 is 0 Å². The van der Waals surface area contributed by atoms with Gasteiger partial charge in [0.15, 0.2) is 5.78 Å². The number of Topliss-reactive ketones (excluding diaryl/α,β-unsaturated/α-hetero) is 1. The van der Waals surface area contributed by atoms with Crippen LogP contribution in [0.15, 0.2) is 23.8 Å². The Labute approximate surface area is 169 Å². The number of ketones is 1. The molecule has 5 fully saturated rings. The lowest BCUT2D eigenvalue weighted by Gasteiger charge is -2.72. The summed E-state index contributed by atoms with van der Waals surface area (Å²) in [6, 6.07) is 0. The fourth-order valence-electron chi connectivity index (χ4n) is 7.51. The zero-order valence-corrected chi connectivity index (χ0v) is 17.0. The molecule has 29 heavy (non-hydrogen) atoms. The Hall–Kier alpha value is -1.54. The molecule has 4 bridgehead atoms. The number of carbonyl (C=O) groups is 2. The number of fused-ring (bicyclic) bond motifs is 2. The number of ether oxygens (including phenoxy) is 2. The van der Waals surface area contributed by atoms with Gasteiger partial charge in [0.05, 0.1) is 18.1 Å². The summed E-state index contributed by atoms with van der Waals surface area (Å²) >= 11 is 0. The maximum atomic E-state index is 13.5. The van der Waals surface area contributed by atoms with Crippen molar-refractivity contribution in [2.24, 2.45) is 28.1 Å². The maximum absolute atomic E-state index is 13.5. The van der Waals surface area contributed by atoms with Crippen LogP contribution in [0, 0.1) is 28.1 Å². The molecule has 8 atom stereocenters. The van der Waals surface area contributed by atoms with Crippen molar-refractivity contribution in [3.63, 3.8) is 0 Å². The van der Waals surface area contributed by atoms with Gasteiger partial charge in [-0.05, 0) is 35.8 Å². The van der Waals surface area contributed by atoms with Crippen LogP contribution in [-0.4, -0.2) is 57.8 Å². The van der Waals surface area contributed by atoms with Crippen LogP contribution in [0.1, 0.15) is 40.0 Å². The third-order valence-corrected chi connectivity index (χ3v) is 8.57. The van der Waals surface area contributed by atoms with Crippen molar-refractivity contribution in [3.8, 4) is 0 Å². The molecule has 2 heterocycles. The van der Waals surface area contributed by atoms with E-state index in [9.17, 15) is 24.9 Å². The number of rotatable bonds is 1. The Morgan fingerprint density at radius 3 is 2.66 bits per heavy atom. The Morgan fingerprint density at radius 1 is 1.31 bits per heavy atom. The number of hydrogen-bond donors (Lipinski definition) is 3. The fourth-order valence-corrected chi connectivity index (χ4v) is 7.51. The molecule has 7 heteroatoms. The van der Waals surface area contributed by atoms with Crippen molar-refractivity contribution in [2.75, 3.05) is 6.61 Å². The standard InChI is InChI=1S/C22H28O7/c1-10-12-5-6-13-20-9-28-22(27,21(13,16(10)24)17(12)25)18(26)15(20)19(3,4)8-7-14(20)29-11(2)23/h6,12,14-15,17-18,25-27H,1,5,7-9H2,2-4H3/t12-,14+,15-,17-,18+,20-,21+,22+/m1/s1. The first kappa shape index (κ1) is 19.4. The molecule has 2 aliphatic heterocycles. The van der Waals surface area contributed by atoms with Gasteiger partial charge in [-0.1, -0.05) is 26.5 Å². The second-order valence-corrected chi connectivity index (χ2v) is 10.1. The minimum Gasteiger partial charge on any atom is -0.462 e. The lowest BCUT2D eigenvalue weighted by molar-refractivity contribution is -0.411. The molecule has 0 unspecified atom stereocenters. The van der Waals surface area contributed by atoms with Gasteiger partial charge in [-0.25, -0.2) is 0 Å². The summed E-state index contributed by atoms with van der Waals surface area (Å²) in [7, 11) is 0. The second-order valence-electron chi connectivity index (χ2n) is 10.1. The Kier molecular flexibility index (Phi) is 3.60. The number of allylic oxidation sites excluding steroid dienone is 1. The summed E-state index contributed by atoms with van der Waals surface area (Å²) in [5.41, 5.74) is -2.42. The van der Waals surface area contributed by atoms with E-state index in [4.69, 9.17) is 9.47 Å². The Bertz CT molecular complexity index is 874. The molecule has 2 spiro atoms. The third-order valence-electron chi connectivity index (χ3n) is 8.57. The van der Waals surface area contributed by atoms with Gasteiger partial charge in [-0.2, -0.15) is 0 Å². The molecule has 6 rings (SSSR count). The molecule has 3 N–H and O–H groups in total. The zero-order valence-electron chi connectivity index (χ0n) is 17.0. The van der Waals surface area contributed by atoms with Crippen LogP contribution in [-0.2, 0) is 19.1 Å². The van der Waals surface area contributed by atoms with Gasteiger partial charge in [0.1, 0.15) is 17.6 Å². The first-order valence-corrected chi connectivity index (χ1v) is 10.3. The molecular weight excluding hydrogens is 376 g/mol. The summed E-state index contributed by atoms with van der Waals surface area (Å²) in [5.74, 6) is -4.22. The molecule has 6 aliphatic rings. The zero-order chi connectivity index (χ0) is 21.1. The van der Waals surface area contributed by atoms with Gasteiger partial charge < -0.3 is 24.8 Å². The second kappa shape index (κ2) is 5.38. The van der Waals surface area contributed by atoms with Crippen molar-refractivity contribution in [1.29, 1.82) is 0 Å². The minimum absolute atomic E-state index is 0.0112. The molecule has 2 saturated heterocycles. The van der Waals surface area contributed by atoms with Crippen LogP contribution in [0.4, 0.5) is 0 Å². The van der Waals surface area contributed by atoms with Gasteiger partial charge >= 0.3 is 5.97 Å². The molecule has 7 nitrogen and oxygen atoms in total. The molecule has 158 valence electrons. The van der Waals surface area contributed by atoms with Gasteiger partial charge in [-0.15, -0.1) is 0 Å². The minimum atomic E-state index is -2.25. The molecule has 0 radical (unpaired) electrons. The highest BCUT2D eigenvalue weighted by atomic mass is 16.6. The summed E-state index contributed by atoms with van der Waals surface area (Å²) in [5, 5.41) is 34.4. The molecule has 0 aromatic heterocycles. The molecule has 0 aromatic carbocycles. The van der Waals surface area contributed by atoms with Crippen LogP contribution in [0.3, 0.4) is 0 Å². The third kappa shape index (κ3) is 1.81. The van der Waals surface area contributed by atoms with Gasteiger partial charge in [-0.3, -0.25) is 9.59 Å². The first-order chi connectivity index (χ1) is 13.5. The monoisotopic (exact) mass is 404 g/mol. The Morgan fingerprint density at radius 2 is 2.00 bits per heavy atom. The SMILES string of the molecule is C=C1C(=O)[C@@]23C(=CC[C@H]1[C@H]2O)[C@@]12CO[C@@]3(O)[C@@H](O)[C@@H]1C(C)(C)CC[C@@H]2OC(C)=O. The first-order valence-electron chi connectivity index (χ1n) is 10.3. The highest BCUT2D eigenvalue weighted by Gasteiger charge is 2.85. The van der Waals surface area contributed by atoms with E-state index in [2.05, 4.69) is 6.58 Å². The van der Waals surface area contributed by atoms with E-state index in [-0.39, 0.29) is 12.2 Å². The molecule has 3 saturated carbocycles. The summed E-state index contributed by atoms with van der Waals surface area (Å²) in [6.07, 6.45) is 0.240. The van der Waals surface area contributed by atoms with Gasteiger partial charge in [0.25, 0.3) is 0 Å². The lowest BCUT2D eigenvalue weighted by atomic mass is 9.38. The number of esters is 1. The van der Waals surface area contributed by atoms with Crippen molar-refractivity contribution in [1.82, 2.24) is 0 Å². The average molecular weight is 404 g/mol. The highest BCUT2D eigenvalue weighted by Crippen LogP contribution is 2.75. The van der Waals surface area contributed by atoms with E-state index < -0.39 is 63.9 Å². The quantitative estimate of drug-likeness (QED) is 0.338. The van der Waals surface area contributed by atoms with E-state index >= 15 is 0 Å². The average Bonchev–Trinajstić information content (AvgIpc) is 2.74. The van der Waals surface area contributed by atoms with Crippen molar-refractivity contribution in [2.45, 2.75) is 64.1 Å². The van der Waals surface area contributed by atoms with Crippen LogP contribution >= 0.6 is 0 Å². The van der Waals surface area contributed by atoms with E-state index in [1.807, 2.05) is 19.9 Å². The van der Waals surface area contributed by atoms with Gasteiger partial charge in [0, 0.05) is 18.8 Å². The number of hydrogen-bond acceptors (Lipinski definition) is 7. The number of carbonyl (C=O) groups excluding carboxylic acids is 2. The van der Waals surface area contributed by atoms with Gasteiger partial charge in [0.2, 0.25) is 5.79 Å². The molecular formula is C22H28O7. The topological polar surface area (TPSA) is 113 Å². The number of aliphatic hydroxyl groups is 3.